The van der Waals surface area contributed by atoms with Crippen molar-refractivity contribution in [1.29, 1.82) is 0 Å². The number of hydrogen-bond donors (Lipinski definition) is 1. The van der Waals surface area contributed by atoms with Crippen molar-refractivity contribution >= 4 is 17.5 Å². The molecular weight excluding hydrogens is 308 g/mol. The van der Waals surface area contributed by atoms with Crippen LogP contribution in [-0.4, -0.2) is 48.8 Å². The SMILES string of the molecule is O=C1CC(C(=O)N2CCCCC2C2OCCO2)c2ccccc2N1. The zero-order valence-electron chi connectivity index (χ0n) is 13.6. The van der Waals surface area contributed by atoms with Crippen LogP contribution < -0.4 is 5.32 Å². The minimum absolute atomic E-state index is 0.0149. The number of para-hydroxylation sites is 1. The molecular formula is C18H22N2O4. The molecule has 0 saturated carbocycles. The molecule has 1 aromatic rings. The van der Waals surface area contributed by atoms with Gasteiger partial charge in [0.05, 0.1) is 25.2 Å². The highest BCUT2D eigenvalue weighted by atomic mass is 16.7. The van der Waals surface area contributed by atoms with Crippen molar-refractivity contribution in [3.8, 4) is 0 Å². The van der Waals surface area contributed by atoms with Crippen LogP contribution in [0.2, 0.25) is 0 Å². The van der Waals surface area contributed by atoms with E-state index in [4.69, 9.17) is 9.47 Å². The molecule has 24 heavy (non-hydrogen) atoms. The molecule has 0 bridgehead atoms. The van der Waals surface area contributed by atoms with Gasteiger partial charge in [0.2, 0.25) is 11.8 Å². The number of piperidine rings is 1. The summed E-state index contributed by atoms with van der Waals surface area (Å²) >= 11 is 0. The van der Waals surface area contributed by atoms with E-state index in [1.807, 2.05) is 29.2 Å². The van der Waals surface area contributed by atoms with E-state index in [0.29, 0.717) is 19.8 Å². The van der Waals surface area contributed by atoms with E-state index < -0.39 is 5.92 Å². The van der Waals surface area contributed by atoms with Crippen molar-refractivity contribution in [3.63, 3.8) is 0 Å². The summed E-state index contributed by atoms with van der Waals surface area (Å²) in [6, 6.07) is 7.51. The predicted molar refractivity (Wildman–Crippen MR) is 87.5 cm³/mol. The average Bonchev–Trinajstić information content (AvgIpc) is 3.15. The summed E-state index contributed by atoms with van der Waals surface area (Å²) in [5.74, 6) is -0.507. The number of carbonyl (C=O) groups excluding carboxylic acids is 2. The summed E-state index contributed by atoms with van der Waals surface area (Å²) in [5.41, 5.74) is 1.65. The molecule has 128 valence electrons. The molecule has 2 atom stereocenters. The maximum Gasteiger partial charge on any atom is 0.231 e. The minimum atomic E-state index is -0.419. The van der Waals surface area contributed by atoms with Crippen LogP contribution in [0.4, 0.5) is 5.69 Å². The minimum Gasteiger partial charge on any atom is -0.348 e. The van der Waals surface area contributed by atoms with Crippen molar-refractivity contribution < 1.29 is 19.1 Å². The first-order chi connectivity index (χ1) is 11.7. The molecule has 3 aliphatic heterocycles. The fourth-order valence-corrected chi connectivity index (χ4v) is 3.94. The van der Waals surface area contributed by atoms with Gasteiger partial charge in [0, 0.05) is 18.7 Å². The first kappa shape index (κ1) is 15.6. The maximum atomic E-state index is 13.3. The highest BCUT2D eigenvalue weighted by Gasteiger charge is 2.40. The highest BCUT2D eigenvalue weighted by molar-refractivity contribution is 6.01. The number of benzene rings is 1. The lowest BCUT2D eigenvalue weighted by Crippen LogP contribution is -2.52. The van der Waals surface area contributed by atoms with E-state index in [0.717, 1.165) is 30.5 Å². The Morgan fingerprint density at radius 1 is 1.17 bits per heavy atom. The van der Waals surface area contributed by atoms with E-state index in [2.05, 4.69) is 5.32 Å². The number of hydrogen-bond acceptors (Lipinski definition) is 4. The molecule has 6 heteroatoms. The van der Waals surface area contributed by atoms with Crippen LogP contribution >= 0.6 is 0 Å². The summed E-state index contributed by atoms with van der Waals surface area (Å²) in [5, 5.41) is 2.85. The number of anilines is 1. The predicted octanol–water partition coefficient (Wildman–Crippen LogP) is 1.87. The number of nitrogens with zero attached hydrogens (tertiary/aromatic N) is 1. The smallest absolute Gasteiger partial charge is 0.231 e. The zero-order valence-corrected chi connectivity index (χ0v) is 13.6. The molecule has 2 amide bonds. The Bertz CT molecular complexity index is 642. The molecule has 0 aliphatic carbocycles. The summed E-state index contributed by atoms with van der Waals surface area (Å²) in [7, 11) is 0. The standard InChI is InChI=1S/C18H22N2O4/c21-16-11-13(12-5-1-2-6-14(12)19-16)17(22)20-8-4-3-7-15(20)18-23-9-10-24-18/h1-2,5-6,13,15,18H,3-4,7-11H2,(H,19,21). The molecule has 2 fully saturated rings. The average molecular weight is 330 g/mol. The quantitative estimate of drug-likeness (QED) is 0.899. The molecule has 4 rings (SSSR count). The highest BCUT2D eigenvalue weighted by Crippen LogP contribution is 2.35. The number of fused-ring (bicyclic) bond motifs is 1. The Balaban J connectivity index is 1.61. The van der Waals surface area contributed by atoms with E-state index in [9.17, 15) is 9.59 Å². The number of nitrogens with one attached hydrogen (secondary N) is 1. The Kier molecular flexibility index (Phi) is 4.24. The Morgan fingerprint density at radius 3 is 2.79 bits per heavy atom. The lowest BCUT2D eigenvalue weighted by molar-refractivity contribution is -0.152. The number of rotatable bonds is 2. The summed E-state index contributed by atoms with van der Waals surface area (Å²) in [6.45, 7) is 1.86. The van der Waals surface area contributed by atoms with Crippen LogP contribution in [0.5, 0.6) is 0 Å². The van der Waals surface area contributed by atoms with Gasteiger partial charge in [0.25, 0.3) is 0 Å². The van der Waals surface area contributed by atoms with Gasteiger partial charge in [-0.3, -0.25) is 9.59 Å². The fourth-order valence-electron chi connectivity index (χ4n) is 3.94. The van der Waals surface area contributed by atoms with Gasteiger partial charge >= 0.3 is 0 Å². The van der Waals surface area contributed by atoms with Crippen LogP contribution in [-0.2, 0) is 19.1 Å². The van der Waals surface area contributed by atoms with Gasteiger partial charge in [-0.25, -0.2) is 0 Å². The van der Waals surface area contributed by atoms with Crippen LogP contribution in [0.3, 0.4) is 0 Å². The van der Waals surface area contributed by atoms with E-state index in [1.54, 1.807) is 0 Å². The summed E-state index contributed by atoms with van der Waals surface area (Å²) in [4.78, 5) is 27.2. The first-order valence-corrected chi connectivity index (χ1v) is 8.66. The summed E-state index contributed by atoms with van der Waals surface area (Å²) in [6.07, 6.45) is 2.80. The summed E-state index contributed by atoms with van der Waals surface area (Å²) < 4.78 is 11.3. The van der Waals surface area contributed by atoms with Gasteiger partial charge in [-0.1, -0.05) is 18.2 Å². The normalized spacial score (nSPS) is 27.7. The second-order valence-corrected chi connectivity index (χ2v) is 6.60. The van der Waals surface area contributed by atoms with Gasteiger partial charge in [0.15, 0.2) is 6.29 Å². The van der Waals surface area contributed by atoms with Crippen molar-refractivity contribution in [2.45, 2.75) is 43.9 Å². The molecule has 1 N–H and O–H groups in total. The van der Waals surface area contributed by atoms with Crippen LogP contribution in [0.1, 0.15) is 37.2 Å². The van der Waals surface area contributed by atoms with E-state index in [1.165, 1.54) is 0 Å². The molecule has 2 unspecified atom stereocenters. The lowest BCUT2D eigenvalue weighted by Gasteiger charge is -2.40. The third kappa shape index (κ3) is 2.80. The molecule has 0 radical (unpaired) electrons. The molecule has 3 aliphatic rings. The zero-order chi connectivity index (χ0) is 16.5. The first-order valence-electron chi connectivity index (χ1n) is 8.66. The van der Waals surface area contributed by atoms with Gasteiger partial charge in [-0.2, -0.15) is 0 Å². The van der Waals surface area contributed by atoms with Crippen LogP contribution in [0.15, 0.2) is 24.3 Å². The van der Waals surface area contributed by atoms with Crippen LogP contribution in [0.25, 0.3) is 0 Å². The van der Waals surface area contributed by atoms with E-state index in [-0.39, 0.29) is 30.6 Å². The number of carbonyl (C=O) groups is 2. The monoisotopic (exact) mass is 330 g/mol. The molecule has 3 heterocycles. The lowest BCUT2D eigenvalue weighted by atomic mass is 9.88. The fraction of sp³-hybridized carbons (Fsp3) is 0.556. The number of amides is 2. The molecule has 0 aromatic heterocycles. The third-order valence-corrected chi connectivity index (χ3v) is 5.09. The van der Waals surface area contributed by atoms with E-state index >= 15 is 0 Å². The Morgan fingerprint density at radius 2 is 1.96 bits per heavy atom. The third-order valence-electron chi connectivity index (χ3n) is 5.09. The second kappa shape index (κ2) is 6.53. The van der Waals surface area contributed by atoms with Gasteiger partial charge in [-0.15, -0.1) is 0 Å². The molecule has 1 aromatic carbocycles. The maximum absolute atomic E-state index is 13.3. The van der Waals surface area contributed by atoms with Crippen molar-refractivity contribution in [2.24, 2.45) is 0 Å². The molecule has 2 saturated heterocycles. The number of likely N-dealkylation sites (tertiary alicyclic amines) is 1. The van der Waals surface area contributed by atoms with Crippen molar-refractivity contribution in [2.75, 3.05) is 25.1 Å². The Hall–Kier alpha value is -1.92. The van der Waals surface area contributed by atoms with Gasteiger partial charge in [-0.05, 0) is 30.9 Å². The van der Waals surface area contributed by atoms with Gasteiger partial charge in [0.1, 0.15) is 0 Å². The second-order valence-electron chi connectivity index (χ2n) is 6.60. The number of ether oxygens (including phenoxy) is 2. The van der Waals surface area contributed by atoms with Gasteiger partial charge < -0.3 is 19.7 Å². The molecule has 6 nitrogen and oxygen atoms in total. The van der Waals surface area contributed by atoms with Crippen molar-refractivity contribution in [1.82, 2.24) is 4.90 Å². The topological polar surface area (TPSA) is 67.9 Å². The largest absolute Gasteiger partial charge is 0.348 e. The Labute approximate surface area is 141 Å². The molecule has 0 spiro atoms. The van der Waals surface area contributed by atoms with Crippen LogP contribution in [0, 0.1) is 0 Å². The van der Waals surface area contributed by atoms with Crippen molar-refractivity contribution in [3.05, 3.63) is 29.8 Å².